The third-order valence-electron chi connectivity index (χ3n) is 5.93. The van der Waals surface area contributed by atoms with Gasteiger partial charge in [-0.2, -0.15) is 13.2 Å². The normalized spacial score (nSPS) is 27.8. The van der Waals surface area contributed by atoms with Gasteiger partial charge in [0.2, 0.25) is 0 Å². The van der Waals surface area contributed by atoms with Crippen molar-refractivity contribution in [3.05, 3.63) is 35.1 Å². The molecule has 0 aliphatic heterocycles. The molecule has 7 heteroatoms. The third-order valence-corrected chi connectivity index (χ3v) is 5.93. The van der Waals surface area contributed by atoms with Crippen molar-refractivity contribution in [1.29, 1.82) is 0 Å². The lowest BCUT2D eigenvalue weighted by Gasteiger charge is -2.28. The van der Waals surface area contributed by atoms with E-state index in [1.54, 1.807) is 0 Å². The lowest BCUT2D eigenvalue weighted by Crippen LogP contribution is -2.26. The van der Waals surface area contributed by atoms with Crippen molar-refractivity contribution < 1.29 is 32.2 Å². The topological polar surface area (TPSA) is 46.5 Å². The van der Waals surface area contributed by atoms with Gasteiger partial charge in [0.25, 0.3) is 0 Å². The van der Waals surface area contributed by atoms with E-state index in [-0.39, 0.29) is 24.0 Å². The van der Waals surface area contributed by atoms with Gasteiger partial charge >= 0.3 is 12.1 Å². The summed E-state index contributed by atoms with van der Waals surface area (Å²) in [4.78, 5) is 10.7. The smallest absolute Gasteiger partial charge is 0.419 e. The molecule has 1 aromatic carbocycles. The second kappa shape index (κ2) is 6.83. The first kappa shape index (κ1) is 19.1. The number of carboxylic acids is 1. The van der Waals surface area contributed by atoms with E-state index < -0.39 is 29.1 Å². The zero-order valence-corrected chi connectivity index (χ0v) is 14.4. The summed E-state index contributed by atoms with van der Waals surface area (Å²) in [5, 5.41) is 8.78. The minimum Gasteiger partial charge on any atom is -0.481 e. The third kappa shape index (κ3) is 3.87. The van der Waals surface area contributed by atoms with Crippen LogP contribution in [0.5, 0.6) is 0 Å². The van der Waals surface area contributed by atoms with Gasteiger partial charge in [-0.3, -0.25) is 4.79 Å². The highest BCUT2D eigenvalue weighted by atomic mass is 19.4. The van der Waals surface area contributed by atoms with Gasteiger partial charge in [-0.25, -0.2) is 4.39 Å². The molecule has 1 aromatic rings. The van der Waals surface area contributed by atoms with Gasteiger partial charge in [0.1, 0.15) is 5.82 Å². The van der Waals surface area contributed by atoms with Crippen molar-refractivity contribution in [3.8, 4) is 0 Å². The Labute approximate surface area is 149 Å². The monoisotopic (exact) mass is 374 g/mol. The van der Waals surface area contributed by atoms with Crippen molar-refractivity contribution in [2.24, 2.45) is 5.41 Å². The highest BCUT2D eigenvalue weighted by Crippen LogP contribution is 2.60. The molecule has 0 heterocycles. The van der Waals surface area contributed by atoms with Crippen LogP contribution in [-0.2, 0) is 22.3 Å². The second-order valence-corrected chi connectivity index (χ2v) is 7.67. The highest BCUT2D eigenvalue weighted by molar-refractivity contribution is 5.66. The number of alkyl halides is 3. The van der Waals surface area contributed by atoms with Crippen LogP contribution in [0.15, 0.2) is 18.2 Å². The van der Waals surface area contributed by atoms with Crippen molar-refractivity contribution in [3.63, 3.8) is 0 Å². The van der Waals surface area contributed by atoms with Gasteiger partial charge < -0.3 is 9.84 Å². The molecule has 0 amide bonds. The molecule has 3 nitrogen and oxygen atoms in total. The Bertz CT molecular complexity index is 676. The fourth-order valence-electron chi connectivity index (χ4n) is 4.56. The lowest BCUT2D eigenvalue weighted by molar-refractivity contribution is -0.140. The molecule has 2 aliphatic rings. The summed E-state index contributed by atoms with van der Waals surface area (Å²) >= 11 is 0. The van der Waals surface area contributed by atoms with Gasteiger partial charge in [0, 0.05) is 12.0 Å². The number of halogens is 4. The molecular weight excluding hydrogens is 352 g/mol. The maximum absolute atomic E-state index is 14.1. The minimum atomic E-state index is -4.72. The molecular formula is C19H22F4O3. The molecule has 2 fully saturated rings. The Balaban J connectivity index is 1.62. The Hall–Kier alpha value is -1.63. The number of carboxylic acid groups (broad SMARTS) is 1. The summed E-state index contributed by atoms with van der Waals surface area (Å²) in [7, 11) is 0. The zero-order valence-electron chi connectivity index (χ0n) is 14.4. The highest BCUT2D eigenvalue weighted by Gasteiger charge is 2.54. The first-order valence-corrected chi connectivity index (χ1v) is 8.85. The number of carbonyl (C=O) groups is 1. The number of aliphatic carboxylic acids is 1. The maximum Gasteiger partial charge on any atom is 0.419 e. The lowest BCUT2D eigenvalue weighted by atomic mass is 9.80. The fourth-order valence-corrected chi connectivity index (χ4v) is 4.56. The van der Waals surface area contributed by atoms with E-state index in [2.05, 4.69) is 0 Å². The van der Waals surface area contributed by atoms with Crippen LogP contribution in [0.4, 0.5) is 17.6 Å². The summed E-state index contributed by atoms with van der Waals surface area (Å²) in [5.41, 5.74) is -1.69. The molecule has 0 spiro atoms. The number of hydrogen-bond acceptors (Lipinski definition) is 2. The van der Waals surface area contributed by atoms with Gasteiger partial charge in [-0.05, 0) is 56.4 Å². The predicted molar refractivity (Wildman–Crippen MR) is 85.9 cm³/mol. The molecule has 1 N–H and O–H groups in total. The van der Waals surface area contributed by atoms with Crippen LogP contribution in [0.25, 0.3) is 0 Å². The quantitative estimate of drug-likeness (QED) is 0.657. The van der Waals surface area contributed by atoms with Crippen LogP contribution < -0.4 is 0 Å². The predicted octanol–water partition coefficient (Wildman–Crippen LogP) is 5.32. The molecule has 0 aromatic heterocycles. The van der Waals surface area contributed by atoms with Crippen LogP contribution in [0, 0.1) is 11.2 Å². The van der Waals surface area contributed by atoms with Crippen molar-refractivity contribution >= 4 is 5.97 Å². The average molecular weight is 374 g/mol. The summed E-state index contributed by atoms with van der Waals surface area (Å²) in [6.45, 7) is -0.180. The van der Waals surface area contributed by atoms with E-state index >= 15 is 0 Å². The summed E-state index contributed by atoms with van der Waals surface area (Å²) in [5.74, 6) is -2.07. The maximum atomic E-state index is 14.1. The van der Waals surface area contributed by atoms with E-state index in [0.29, 0.717) is 6.42 Å². The van der Waals surface area contributed by atoms with Crippen LogP contribution in [0.1, 0.15) is 62.5 Å². The zero-order chi connectivity index (χ0) is 19.0. The Morgan fingerprint density at radius 2 is 1.88 bits per heavy atom. The van der Waals surface area contributed by atoms with Crippen molar-refractivity contribution in [1.82, 2.24) is 0 Å². The number of benzene rings is 1. The van der Waals surface area contributed by atoms with Gasteiger partial charge in [-0.1, -0.05) is 12.1 Å². The standard InChI is InChI=1S/C19H22F4O3/c20-16-13(3-1-4-14(16)19(21,22)23)11-26-18-9-7-17(12-18,8-10-18)6-2-5-15(24)25/h1,3-4H,2,5-12H2,(H,24,25). The van der Waals surface area contributed by atoms with Crippen molar-refractivity contribution in [2.45, 2.75) is 69.8 Å². The van der Waals surface area contributed by atoms with Gasteiger partial charge in [-0.15, -0.1) is 0 Å². The van der Waals surface area contributed by atoms with Crippen LogP contribution in [0.2, 0.25) is 0 Å². The molecule has 0 saturated heterocycles. The van der Waals surface area contributed by atoms with Crippen LogP contribution in [0.3, 0.4) is 0 Å². The number of ether oxygens (including phenoxy) is 1. The average Bonchev–Trinajstić information content (AvgIpc) is 3.09. The SMILES string of the molecule is O=C(O)CCCC12CCC(OCc3cccc(C(F)(F)F)c3F)(CC1)C2. The summed E-state index contributed by atoms with van der Waals surface area (Å²) < 4.78 is 58.6. The first-order valence-electron chi connectivity index (χ1n) is 8.85. The number of hydrogen-bond donors (Lipinski definition) is 1. The van der Waals surface area contributed by atoms with Gasteiger partial charge in [0.05, 0.1) is 17.8 Å². The van der Waals surface area contributed by atoms with E-state index in [1.807, 2.05) is 0 Å². The van der Waals surface area contributed by atoms with E-state index in [1.165, 1.54) is 12.1 Å². The molecule has 2 aliphatic carbocycles. The van der Waals surface area contributed by atoms with Crippen LogP contribution >= 0.6 is 0 Å². The molecule has 26 heavy (non-hydrogen) atoms. The molecule has 0 radical (unpaired) electrons. The number of rotatable bonds is 7. The van der Waals surface area contributed by atoms with E-state index in [4.69, 9.17) is 9.84 Å². The number of fused-ring (bicyclic) bond motifs is 2. The molecule has 144 valence electrons. The Morgan fingerprint density at radius 1 is 1.19 bits per heavy atom. The fraction of sp³-hybridized carbons (Fsp3) is 0.632. The molecule has 0 atom stereocenters. The summed E-state index contributed by atoms with van der Waals surface area (Å²) in [6, 6.07) is 3.25. The summed E-state index contributed by atoms with van der Waals surface area (Å²) in [6.07, 6.45) is 1.08. The molecule has 3 rings (SSSR count). The minimum absolute atomic E-state index is 0.0712. The molecule has 0 unspecified atom stereocenters. The molecule has 2 saturated carbocycles. The van der Waals surface area contributed by atoms with Gasteiger partial charge in [0.15, 0.2) is 0 Å². The van der Waals surface area contributed by atoms with E-state index in [9.17, 15) is 22.4 Å². The second-order valence-electron chi connectivity index (χ2n) is 7.67. The van der Waals surface area contributed by atoms with Crippen LogP contribution in [-0.4, -0.2) is 16.7 Å². The Kier molecular flexibility index (Phi) is 5.03. The first-order chi connectivity index (χ1) is 12.1. The molecule has 2 bridgehead atoms. The largest absolute Gasteiger partial charge is 0.481 e. The van der Waals surface area contributed by atoms with E-state index in [0.717, 1.165) is 44.6 Å². The Morgan fingerprint density at radius 3 is 2.50 bits per heavy atom. The van der Waals surface area contributed by atoms with Crippen molar-refractivity contribution in [2.75, 3.05) is 0 Å².